The maximum Gasteiger partial charge on any atom is 0.0701 e. The maximum atomic E-state index is 8.24. The number of hydrogen-bond donors (Lipinski definition) is 0. The van der Waals surface area contributed by atoms with E-state index in [2.05, 4.69) is 4.74 Å². The zero-order chi connectivity index (χ0) is 7.54. The van der Waals surface area contributed by atoms with E-state index >= 15 is 0 Å². The lowest BCUT2D eigenvalue weighted by Crippen LogP contribution is -1.20. The molecule has 1 saturated heterocycles. The van der Waals surface area contributed by atoms with Crippen LogP contribution in [0.4, 0.5) is 0 Å². The minimum atomic E-state index is 0.500. The van der Waals surface area contributed by atoms with Crippen LogP contribution in [-0.2, 0) is 14.3 Å². The van der Waals surface area contributed by atoms with Crippen LogP contribution in [0.2, 0.25) is 0 Å². The number of ether oxygens (including phenoxy) is 1. The van der Waals surface area contributed by atoms with E-state index in [9.17, 15) is 0 Å². The molecule has 5 heteroatoms. The Balaban J connectivity index is 0. The highest BCUT2D eigenvalue weighted by Crippen LogP contribution is 1.84. The SMILES string of the molecule is C1CO1.[N-]=C=O.[N-]=C=O. The van der Waals surface area contributed by atoms with Crippen molar-refractivity contribution in [1.82, 2.24) is 0 Å². The van der Waals surface area contributed by atoms with Crippen molar-refractivity contribution in [3.8, 4) is 0 Å². The Hall–Kier alpha value is -1.28. The molecular formula is C4H4N2O3-2. The summed E-state index contributed by atoms with van der Waals surface area (Å²) in [6.07, 6.45) is 1.00. The number of nitrogens with zero attached hydrogens (tertiary/aromatic N) is 2. The molecule has 0 spiro atoms. The summed E-state index contributed by atoms with van der Waals surface area (Å²) in [4.78, 5) is 16.5. The van der Waals surface area contributed by atoms with Crippen LogP contribution in [0.3, 0.4) is 0 Å². The monoisotopic (exact) mass is 128 g/mol. The summed E-state index contributed by atoms with van der Waals surface area (Å²) in [5.74, 6) is 0. The predicted molar refractivity (Wildman–Crippen MR) is 28.9 cm³/mol. The van der Waals surface area contributed by atoms with E-state index in [1.165, 1.54) is 0 Å². The lowest BCUT2D eigenvalue weighted by atomic mass is 11.0. The minimum Gasteiger partial charge on any atom is -0.724 e. The van der Waals surface area contributed by atoms with Crippen molar-refractivity contribution in [3.63, 3.8) is 0 Å². The highest BCUT2D eigenvalue weighted by atomic mass is 16.6. The Morgan fingerprint density at radius 2 is 1.22 bits per heavy atom. The van der Waals surface area contributed by atoms with Gasteiger partial charge in [-0.15, -0.1) is 0 Å². The molecule has 0 saturated carbocycles. The number of carbonyl (C=O) groups excluding carboxylic acids is 2. The van der Waals surface area contributed by atoms with E-state index in [-0.39, 0.29) is 0 Å². The van der Waals surface area contributed by atoms with Crippen LogP contribution < -0.4 is 0 Å². The van der Waals surface area contributed by atoms with Gasteiger partial charge in [0, 0.05) is 0 Å². The zero-order valence-electron chi connectivity index (χ0n) is 4.53. The van der Waals surface area contributed by atoms with E-state index in [0.29, 0.717) is 12.2 Å². The normalized spacial score (nSPS) is 9.78. The first-order chi connectivity index (χ1) is 4.33. The minimum absolute atomic E-state index is 0.500. The molecule has 0 aromatic carbocycles. The van der Waals surface area contributed by atoms with E-state index in [0.717, 1.165) is 13.2 Å². The molecule has 1 fully saturated rings. The summed E-state index contributed by atoms with van der Waals surface area (Å²) >= 11 is 0. The van der Waals surface area contributed by atoms with E-state index in [1.54, 1.807) is 0 Å². The molecule has 9 heavy (non-hydrogen) atoms. The highest BCUT2D eigenvalue weighted by Gasteiger charge is 1.94. The van der Waals surface area contributed by atoms with Crippen molar-refractivity contribution in [2.45, 2.75) is 0 Å². The van der Waals surface area contributed by atoms with Crippen LogP contribution in [0.25, 0.3) is 10.8 Å². The third kappa shape index (κ3) is 1910. The van der Waals surface area contributed by atoms with Gasteiger partial charge in [-0.2, -0.15) is 0 Å². The average Bonchev–Trinajstić information content (AvgIpc) is 2.48. The maximum absolute atomic E-state index is 8.24. The van der Waals surface area contributed by atoms with Gasteiger partial charge in [-0.05, 0) is 12.2 Å². The van der Waals surface area contributed by atoms with Gasteiger partial charge in [-0.1, -0.05) is 0 Å². The third-order valence-corrected chi connectivity index (χ3v) is 0.204. The Morgan fingerprint density at radius 1 is 1.11 bits per heavy atom. The van der Waals surface area contributed by atoms with E-state index < -0.39 is 0 Å². The fraction of sp³-hybridized carbons (Fsp3) is 0.500. The Kier molecular flexibility index (Phi) is 18.8. The van der Waals surface area contributed by atoms with Gasteiger partial charge in [0.25, 0.3) is 0 Å². The largest absolute Gasteiger partial charge is 0.724 e. The molecule has 0 atom stereocenters. The van der Waals surface area contributed by atoms with Crippen molar-refractivity contribution in [2.75, 3.05) is 13.2 Å². The molecule has 1 rings (SSSR count). The fourth-order valence-electron chi connectivity index (χ4n) is 0. The van der Waals surface area contributed by atoms with Crippen LogP contribution in [0.15, 0.2) is 0 Å². The second kappa shape index (κ2) is 15.9. The van der Waals surface area contributed by atoms with Crippen LogP contribution in [0.1, 0.15) is 0 Å². The number of epoxide rings is 1. The Bertz CT molecular complexity index is 94.2. The molecule has 5 nitrogen and oxygen atoms in total. The van der Waals surface area contributed by atoms with Gasteiger partial charge < -0.3 is 15.6 Å². The molecule has 0 aliphatic carbocycles. The molecule has 0 aromatic heterocycles. The van der Waals surface area contributed by atoms with Crippen LogP contribution >= 0.6 is 0 Å². The van der Waals surface area contributed by atoms with Gasteiger partial charge in [0.2, 0.25) is 0 Å². The molecule has 1 heterocycles. The Labute approximate surface area is 51.6 Å². The van der Waals surface area contributed by atoms with Crippen molar-refractivity contribution >= 4 is 12.2 Å². The summed E-state index contributed by atoms with van der Waals surface area (Å²) in [7, 11) is 0. The van der Waals surface area contributed by atoms with Crippen molar-refractivity contribution in [3.05, 3.63) is 10.8 Å². The molecule has 0 amide bonds. The van der Waals surface area contributed by atoms with Crippen LogP contribution in [0, 0.1) is 0 Å². The number of isocyanates is 2. The average molecular weight is 128 g/mol. The van der Waals surface area contributed by atoms with Crippen molar-refractivity contribution in [2.24, 2.45) is 0 Å². The van der Waals surface area contributed by atoms with Gasteiger partial charge >= 0.3 is 0 Å². The highest BCUT2D eigenvalue weighted by molar-refractivity contribution is 5.37. The summed E-state index contributed by atoms with van der Waals surface area (Å²) < 4.78 is 4.50. The van der Waals surface area contributed by atoms with Gasteiger partial charge in [0.05, 0.1) is 13.2 Å². The lowest BCUT2D eigenvalue weighted by molar-refractivity contribution is 0.475. The van der Waals surface area contributed by atoms with Crippen molar-refractivity contribution < 1.29 is 14.3 Å². The summed E-state index contributed by atoms with van der Waals surface area (Å²) in [6, 6.07) is 0. The topological polar surface area (TPSA) is 91.3 Å². The molecule has 0 bridgehead atoms. The van der Waals surface area contributed by atoms with Crippen molar-refractivity contribution in [1.29, 1.82) is 0 Å². The van der Waals surface area contributed by atoms with Gasteiger partial charge in [-0.25, -0.2) is 0 Å². The standard InChI is InChI=1S/C2H4O.2CNO/c1-2-3-1;2*2-1-3/h1-2H2;;/q;2*-1. The smallest absolute Gasteiger partial charge is 0.0701 e. The number of hydrogen-bond acceptors (Lipinski definition) is 3. The summed E-state index contributed by atoms with van der Waals surface area (Å²) in [5.41, 5.74) is 0. The molecule has 0 radical (unpaired) electrons. The first-order valence-electron chi connectivity index (χ1n) is 1.93. The molecule has 0 aromatic rings. The first kappa shape index (κ1) is 10.7. The summed E-state index contributed by atoms with van der Waals surface area (Å²) in [5, 5.41) is 13.5. The van der Waals surface area contributed by atoms with Crippen LogP contribution in [0.5, 0.6) is 0 Å². The molecule has 50 valence electrons. The quantitative estimate of drug-likeness (QED) is 0.257. The molecule has 0 unspecified atom stereocenters. The fourth-order valence-corrected chi connectivity index (χ4v) is 0. The first-order valence-corrected chi connectivity index (χ1v) is 1.93. The number of rotatable bonds is 0. The van der Waals surface area contributed by atoms with Gasteiger partial charge in [-0.3, -0.25) is 9.59 Å². The zero-order valence-corrected chi connectivity index (χ0v) is 4.53. The lowest BCUT2D eigenvalue weighted by Gasteiger charge is -1.32. The van der Waals surface area contributed by atoms with Gasteiger partial charge in [0.1, 0.15) is 0 Å². The summed E-state index contributed by atoms with van der Waals surface area (Å²) in [6.45, 7) is 2.00. The Morgan fingerprint density at radius 3 is 1.22 bits per heavy atom. The van der Waals surface area contributed by atoms with E-state index in [4.69, 9.17) is 20.4 Å². The van der Waals surface area contributed by atoms with Crippen LogP contribution in [-0.4, -0.2) is 25.4 Å². The molecule has 0 N–H and O–H groups in total. The second-order valence-electron chi connectivity index (χ2n) is 0.795. The molecular weight excluding hydrogens is 124 g/mol. The molecule has 1 aliphatic rings. The van der Waals surface area contributed by atoms with Gasteiger partial charge in [0.15, 0.2) is 0 Å². The predicted octanol–water partition coefficient (Wildman–Crippen LogP) is -0.200. The third-order valence-electron chi connectivity index (χ3n) is 0.204. The molecule has 1 aliphatic heterocycles. The van der Waals surface area contributed by atoms with E-state index in [1.807, 2.05) is 0 Å². The second-order valence-corrected chi connectivity index (χ2v) is 0.795.